The monoisotopic (exact) mass is 427 g/mol. The topological polar surface area (TPSA) is 82.1 Å². The van der Waals surface area contributed by atoms with Crippen LogP contribution in [0.15, 0.2) is 36.4 Å². The molecule has 5 atom stereocenters. The number of carbonyl (C=O) groups excluding carboxylic acids is 3. The zero-order valence-corrected chi connectivity index (χ0v) is 18.4. The van der Waals surface area contributed by atoms with E-state index >= 15 is 0 Å². The predicted molar refractivity (Wildman–Crippen MR) is 113 cm³/mol. The fourth-order valence-electron chi connectivity index (χ4n) is 4.96. The number of nitrogens with zero attached hydrogens (tertiary/aromatic N) is 1. The van der Waals surface area contributed by atoms with Gasteiger partial charge < -0.3 is 14.2 Å². The molecule has 1 aromatic rings. The van der Waals surface area contributed by atoms with Gasteiger partial charge in [0.1, 0.15) is 5.75 Å². The van der Waals surface area contributed by atoms with Gasteiger partial charge in [0.25, 0.3) is 5.91 Å². The standard InChI is InChI=1S/C24H29NO6/c1-14(2)19-10-5-15(3)13-20(19)30-22-23(28)25(24(22)12-11-21(27)31-24)17-6-8-18(9-7-17)29-16(4)26/h6-9,11-12,14-15,19-20,22H,5,10,13H2,1-4H3/t15-,19+,20-,22+,24-/m1/s1. The summed E-state index contributed by atoms with van der Waals surface area (Å²) in [5.41, 5.74) is -0.739. The number of anilines is 1. The van der Waals surface area contributed by atoms with E-state index in [1.54, 1.807) is 30.3 Å². The van der Waals surface area contributed by atoms with Crippen LogP contribution in [0.2, 0.25) is 0 Å². The number of rotatable bonds is 5. The van der Waals surface area contributed by atoms with E-state index in [1.165, 1.54) is 17.9 Å². The Bertz CT molecular complexity index is 907. The molecule has 0 aromatic heterocycles. The summed E-state index contributed by atoms with van der Waals surface area (Å²) in [7, 11) is 0. The molecule has 2 heterocycles. The summed E-state index contributed by atoms with van der Waals surface area (Å²) in [6.07, 6.45) is 5.12. The molecule has 1 aliphatic carbocycles. The molecule has 2 aliphatic heterocycles. The molecule has 0 unspecified atom stereocenters. The Hall–Kier alpha value is -2.67. The first kappa shape index (κ1) is 21.6. The van der Waals surface area contributed by atoms with Crippen LogP contribution >= 0.6 is 0 Å². The molecular weight excluding hydrogens is 398 g/mol. The average Bonchev–Trinajstić information content (AvgIpc) is 3.11. The number of β-lactam (4-membered cyclic amide) rings is 1. The Kier molecular flexibility index (Phi) is 5.64. The number of esters is 2. The Balaban J connectivity index is 1.59. The highest BCUT2D eigenvalue weighted by Crippen LogP contribution is 2.46. The zero-order chi connectivity index (χ0) is 22.3. The fraction of sp³-hybridized carbons (Fsp3) is 0.542. The molecule has 4 rings (SSSR count). The number of hydrogen-bond donors (Lipinski definition) is 0. The molecule has 0 bridgehead atoms. The maximum atomic E-state index is 13.2. The highest BCUT2D eigenvalue weighted by molar-refractivity contribution is 6.09. The molecule has 1 saturated heterocycles. The van der Waals surface area contributed by atoms with Gasteiger partial charge in [0.15, 0.2) is 0 Å². The lowest BCUT2D eigenvalue weighted by atomic mass is 9.75. The van der Waals surface area contributed by atoms with E-state index in [2.05, 4.69) is 20.8 Å². The van der Waals surface area contributed by atoms with Crippen molar-refractivity contribution in [2.24, 2.45) is 17.8 Å². The Labute approximate surface area is 182 Å². The van der Waals surface area contributed by atoms with Gasteiger partial charge in [-0.3, -0.25) is 14.5 Å². The van der Waals surface area contributed by atoms with Gasteiger partial charge in [0, 0.05) is 18.7 Å². The summed E-state index contributed by atoms with van der Waals surface area (Å²) < 4.78 is 17.1. The largest absolute Gasteiger partial charge is 0.428 e. The van der Waals surface area contributed by atoms with Crippen LogP contribution in [-0.2, 0) is 23.9 Å². The van der Waals surface area contributed by atoms with E-state index in [-0.39, 0.29) is 12.0 Å². The first-order valence-electron chi connectivity index (χ1n) is 10.9. The number of ether oxygens (including phenoxy) is 3. The van der Waals surface area contributed by atoms with E-state index in [0.717, 1.165) is 19.3 Å². The van der Waals surface area contributed by atoms with Gasteiger partial charge in [0.05, 0.1) is 6.10 Å². The van der Waals surface area contributed by atoms with E-state index in [9.17, 15) is 14.4 Å². The Morgan fingerprint density at radius 3 is 2.48 bits per heavy atom. The van der Waals surface area contributed by atoms with Crippen LogP contribution in [0.5, 0.6) is 5.75 Å². The minimum absolute atomic E-state index is 0.0595. The summed E-state index contributed by atoms with van der Waals surface area (Å²) in [6, 6.07) is 6.52. The smallest absolute Gasteiger partial charge is 0.333 e. The van der Waals surface area contributed by atoms with Crippen molar-refractivity contribution in [3.63, 3.8) is 0 Å². The molecule has 3 aliphatic rings. The van der Waals surface area contributed by atoms with Crippen molar-refractivity contribution in [1.29, 1.82) is 0 Å². The summed E-state index contributed by atoms with van der Waals surface area (Å²) in [5.74, 6) is 0.528. The van der Waals surface area contributed by atoms with E-state index in [4.69, 9.17) is 14.2 Å². The summed E-state index contributed by atoms with van der Waals surface area (Å²) >= 11 is 0. The van der Waals surface area contributed by atoms with Gasteiger partial charge >= 0.3 is 11.9 Å². The Morgan fingerprint density at radius 2 is 1.90 bits per heavy atom. The van der Waals surface area contributed by atoms with Gasteiger partial charge in [-0.05, 0) is 60.9 Å². The normalized spacial score (nSPS) is 32.4. The predicted octanol–water partition coefficient (Wildman–Crippen LogP) is 3.61. The highest BCUT2D eigenvalue weighted by atomic mass is 16.6. The molecule has 7 nitrogen and oxygen atoms in total. The zero-order valence-electron chi connectivity index (χ0n) is 18.4. The number of benzene rings is 1. The molecule has 7 heteroatoms. The first-order valence-corrected chi connectivity index (χ1v) is 10.9. The van der Waals surface area contributed by atoms with Crippen molar-refractivity contribution in [2.75, 3.05) is 4.90 Å². The number of carbonyl (C=O) groups is 3. The second-order valence-electron chi connectivity index (χ2n) is 9.15. The minimum atomic E-state index is -1.28. The molecular formula is C24H29NO6. The SMILES string of the molecule is CC(=O)Oc1ccc(N2C(=O)[C@H](O[C@@H]3C[C@H](C)CC[C@H]3C(C)C)[C@]23C=CC(=O)O3)cc1. The van der Waals surface area contributed by atoms with Gasteiger partial charge in [-0.1, -0.05) is 27.2 Å². The van der Waals surface area contributed by atoms with Crippen LogP contribution in [0.4, 0.5) is 5.69 Å². The van der Waals surface area contributed by atoms with Crippen molar-refractivity contribution < 1.29 is 28.6 Å². The summed E-state index contributed by atoms with van der Waals surface area (Å²) in [6.45, 7) is 7.89. The molecule has 1 saturated carbocycles. The average molecular weight is 427 g/mol. The van der Waals surface area contributed by atoms with Crippen LogP contribution in [0.25, 0.3) is 0 Å². The third kappa shape index (κ3) is 3.87. The van der Waals surface area contributed by atoms with Crippen LogP contribution in [-0.4, -0.2) is 35.8 Å². The van der Waals surface area contributed by atoms with E-state index in [0.29, 0.717) is 29.2 Å². The van der Waals surface area contributed by atoms with Crippen LogP contribution in [0.3, 0.4) is 0 Å². The lowest BCUT2D eigenvalue weighted by Gasteiger charge is -2.53. The van der Waals surface area contributed by atoms with Crippen LogP contribution in [0, 0.1) is 17.8 Å². The van der Waals surface area contributed by atoms with Gasteiger partial charge in [-0.25, -0.2) is 4.79 Å². The maximum absolute atomic E-state index is 13.2. The van der Waals surface area contributed by atoms with E-state index < -0.39 is 23.8 Å². The van der Waals surface area contributed by atoms with Crippen molar-refractivity contribution in [3.05, 3.63) is 36.4 Å². The third-order valence-corrected chi connectivity index (χ3v) is 6.52. The molecule has 1 spiro atoms. The second kappa shape index (κ2) is 8.11. The quantitative estimate of drug-likeness (QED) is 0.406. The molecule has 0 radical (unpaired) electrons. The molecule has 1 aromatic carbocycles. The van der Waals surface area contributed by atoms with Crippen molar-refractivity contribution in [3.8, 4) is 5.75 Å². The van der Waals surface area contributed by atoms with Gasteiger partial charge in [0.2, 0.25) is 11.8 Å². The fourth-order valence-corrected chi connectivity index (χ4v) is 4.96. The van der Waals surface area contributed by atoms with Crippen LogP contribution in [0.1, 0.15) is 47.0 Å². The van der Waals surface area contributed by atoms with Crippen molar-refractivity contribution in [1.82, 2.24) is 0 Å². The molecule has 1 amide bonds. The highest BCUT2D eigenvalue weighted by Gasteiger charge is 2.66. The van der Waals surface area contributed by atoms with Gasteiger partial charge in [-0.15, -0.1) is 0 Å². The lowest BCUT2D eigenvalue weighted by molar-refractivity contribution is -0.201. The molecule has 31 heavy (non-hydrogen) atoms. The molecule has 0 N–H and O–H groups in total. The molecule has 166 valence electrons. The number of amides is 1. The third-order valence-electron chi connectivity index (χ3n) is 6.52. The maximum Gasteiger partial charge on any atom is 0.333 e. The van der Waals surface area contributed by atoms with E-state index in [1.807, 2.05) is 0 Å². The van der Waals surface area contributed by atoms with Crippen molar-refractivity contribution in [2.45, 2.75) is 64.9 Å². The molecule has 2 fully saturated rings. The van der Waals surface area contributed by atoms with Crippen molar-refractivity contribution >= 4 is 23.5 Å². The number of hydrogen-bond acceptors (Lipinski definition) is 6. The summed E-state index contributed by atoms with van der Waals surface area (Å²) in [5, 5.41) is 0. The second-order valence-corrected chi connectivity index (χ2v) is 9.15. The Morgan fingerprint density at radius 1 is 1.19 bits per heavy atom. The van der Waals surface area contributed by atoms with Gasteiger partial charge in [-0.2, -0.15) is 0 Å². The minimum Gasteiger partial charge on any atom is -0.428 e. The lowest BCUT2D eigenvalue weighted by Crippen LogP contribution is -2.76. The first-order chi connectivity index (χ1) is 14.7. The van der Waals surface area contributed by atoms with Crippen LogP contribution < -0.4 is 9.64 Å². The summed E-state index contributed by atoms with van der Waals surface area (Å²) in [4.78, 5) is 37.8.